The normalized spacial score (nSPS) is 14.3. The summed E-state index contributed by atoms with van der Waals surface area (Å²) in [7, 11) is 1.92. The minimum atomic E-state index is 0.383. The van der Waals surface area contributed by atoms with Gasteiger partial charge in [-0.1, -0.05) is 30.4 Å². The highest BCUT2D eigenvalue weighted by atomic mass is 32.1. The van der Waals surface area contributed by atoms with E-state index >= 15 is 0 Å². The Bertz CT molecular complexity index is 695. The average molecular weight is 302 g/mol. The average Bonchev–Trinajstić information content (AvgIpc) is 2.62. The number of aromatic nitrogens is 2. The van der Waals surface area contributed by atoms with Gasteiger partial charge in [-0.2, -0.15) is 5.10 Å². The van der Waals surface area contributed by atoms with Gasteiger partial charge in [0.05, 0.1) is 17.8 Å². The first-order valence-corrected chi connectivity index (χ1v) is 7.28. The fraction of sp³-hybridized carbons (Fsp3) is 0.333. The number of benzene rings is 1. The van der Waals surface area contributed by atoms with Crippen LogP contribution >= 0.6 is 12.2 Å². The zero-order valence-corrected chi connectivity index (χ0v) is 13.0. The van der Waals surface area contributed by atoms with Gasteiger partial charge in [-0.25, -0.2) is 0 Å². The lowest BCUT2D eigenvalue weighted by molar-refractivity contribution is 0.331. The largest absolute Gasteiger partial charge is 0.491 e. The topological polar surface area (TPSA) is 56.3 Å². The summed E-state index contributed by atoms with van der Waals surface area (Å²) in [6.07, 6.45) is 0. The molecule has 0 bridgehead atoms. The zero-order chi connectivity index (χ0) is 15.0. The van der Waals surface area contributed by atoms with E-state index in [2.05, 4.69) is 16.1 Å². The lowest BCUT2D eigenvalue weighted by atomic mass is 10.1. The Morgan fingerprint density at radius 2 is 2.14 bits per heavy atom. The first-order valence-electron chi connectivity index (χ1n) is 6.87. The van der Waals surface area contributed by atoms with Crippen molar-refractivity contribution in [2.75, 3.05) is 18.1 Å². The van der Waals surface area contributed by atoms with E-state index in [0.717, 1.165) is 41.5 Å². The molecule has 1 aromatic heterocycles. The molecule has 21 heavy (non-hydrogen) atoms. The molecular formula is C15H18N4OS. The second kappa shape index (κ2) is 5.37. The number of aryl methyl sites for hydroxylation is 2. The molecule has 1 aromatic carbocycles. The van der Waals surface area contributed by atoms with Crippen LogP contribution in [0.15, 0.2) is 24.3 Å². The van der Waals surface area contributed by atoms with Crippen molar-refractivity contribution in [1.29, 1.82) is 0 Å². The molecule has 6 heteroatoms. The maximum Gasteiger partial charge on any atom is 0.137 e. The predicted octanol–water partition coefficient (Wildman–Crippen LogP) is 1.76. The van der Waals surface area contributed by atoms with Gasteiger partial charge in [-0.15, -0.1) is 0 Å². The summed E-state index contributed by atoms with van der Waals surface area (Å²) in [5.41, 5.74) is 8.76. The van der Waals surface area contributed by atoms with Gasteiger partial charge in [0.25, 0.3) is 0 Å². The SMILES string of the molecule is Cc1nn(C)c(N2CCOc3ccccc3C2)c1C(N)=S. The van der Waals surface area contributed by atoms with Gasteiger partial charge in [0.1, 0.15) is 23.2 Å². The van der Waals surface area contributed by atoms with Crippen LogP contribution in [-0.2, 0) is 13.6 Å². The molecule has 110 valence electrons. The maximum absolute atomic E-state index is 5.89. The number of hydrogen-bond donors (Lipinski definition) is 1. The Morgan fingerprint density at radius 1 is 1.38 bits per heavy atom. The van der Waals surface area contributed by atoms with E-state index in [4.69, 9.17) is 22.7 Å². The summed E-state index contributed by atoms with van der Waals surface area (Å²) in [4.78, 5) is 2.61. The van der Waals surface area contributed by atoms with Gasteiger partial charge in [-0.05, 0) is 13.0 Å². The molecule has 0 atom stereocenters. The van der Waals surface area contributed by atoms with Crippen molar-refractivity contribution in [3.8, 4) is 5.75 Å². The van der Waals surface area contributed by atoms with Crippen molar-refractivity contribution >= 4 is 23.0 Å². The summed E-state index contributed by atoms with van der Waals surface area (Å²) in [5.74, 6) is 1.90. The van der Waals surface area contributed by atoms with Crippen molar-refractivity contribution in [3.05, 3.63) is 41.1 Å². The predicted molar refractivity (Wildman–Crippen MR) is 86.8 cm³/mol. The number of nitrogens with zero attached hydrogens (tertiary/aromatic N) is 3. The van der Waals surface area contributed by atoms with Gasteiger partial charge in [-0.3, -0.25) is 4.68 Å². The Labute approximate surface area is 129 Å². The van der Waals surface area contributed by atoms with Crippen LogP contribution in [0.5, 0.6) is 5.75 Å². The second-order valence-corrected chi connectivity index (χ2v) is 5.59. The smallest absolute Gasteiger partial charge is 0.137 e. The first kappa shape index (κ1) is 13.9. The summed E-state index contributed by atoms with van der Waals surface area (Å²) in [6, 6.07) is 8.09. The van der Waals surface area contributed by atoms with Gasteiger partial charge in [0.15, 0.2) is 0 Å². The molecule has 1 aliphatic heterocycles. The second-order valence-electron chi connectivity index (χ2n) is 5.15. The van der Waals surface area contributed by atoms with E-state index in [9.17, 15) is 0 Å². The Balaban J connectivity index is 2.04. The molecule has 3 rings (SSSR count). The van der Waals surface area contributed by atoms with Crippen molar-refractivity contribution in [2.45, 2.75) is 13.5 Å². The third kappa shape index (κ3) is 2.47. The number of para-hydroxylation sites is 1. The Kier molecular flexibility index (Phi) is 3.55. The number of nitrogens with two attached hydrogens (primary N) is 1. The van der Waals surface area contributed by atoms with E-state index in [-0.39, 0.29) is 0 Å². The highest BCUT2D eigenvalue weighted by molar-refractivity contribution is 7.80. The van der Waals surface area contributed by atoms with Crippen LogP contribution in [-0.4, -0.2) is 27.9 Å². The molecule has 2 aromatic rings. The van der Waals surface area contributed by atoms with Crippen LogP contribution < -0.4 is 15.4 Å². The molecule has 0 fully saturated rings. The molecular weight excluding hydrogens is 284 g/mol. The molecule has 5 nitrogen and oxygen atoms in total. The van der Waals surface area contributed by atoms with Gasteiger partial charge < -0.3 is 15.4 Å². The van der Waals surface area contributed by atoms with E-state index in [0.29, 0.717) is 11.6 Å². The van der Waals surface area contributed by atoms with Crippen LogP contribution in [0.25, 0.3) is 0 Å². The standard InChI is InChI=1S/C15H18N4OS/c1-10-13(14(16)21)15(18(2)17-10)19-7-8-20-12-6-4-3-5-11(12)9-19/h3-6H,7-9H2,1-2H3,(H2,16,21). The lowest BCUT2D eigenvalue weighted by Crippen LogP contribution is -2.29. The monoisotopic (exact) mass is 302 g/mol. The molecule has 0 radical (unpaired) electrons. The highest BCUT2D eigenvalue weighted by Crippen LogP contribution is 2.29. The fourth-order valence-corrected chi connectivity index (χ4v) is 3.04. The van der Waals surface area contributed by atoms with E-state index in [1.807, 2.05) is 36.9 Å². The molecule has 2 N–H and O–H groups in total. The number of fused-ring (bicyclic) bond motifs is 1. The molecule has 0 amide bonds. The molecule has 0 saturated heterocycles. The van der Waals surface area contributed by atoms with E-state index < -0.39 is 0 Å². The molecule has 0 aliphatic carbocycles. The number of hydrogen-bond acceptors (Lipinski definition) is 4. The zero-order valence-electron chi connectivity index (χ0n) is 12.2. The Morgan fingerprint density at radius 3 is 2.90 bits per heavy atom. The molecule has 0 saturated carbocycles. The Hall–Kier alpha value is -2.08. The first-order chi connectivity index (χ1) is 10.1. The summed E-state index contributed by atoms with van der Waals surface area (Å²) in [6.45, 7) is 4.08. The minimum absolute atomic E-state index is 0.383. The molecule has 0 spiro atoms. The van der Waals surface area contributed by atoms with Crippen LogP contribution in [0.4, 0.5) is 5.82 Å². The summed E-state index contributed by atoms with van der Waals surface area (Å²) in [5, 5.41) is 4.46. The highest BCUT2D eigenvalue weighted by Gasteiger charge is 2.23. The molecule has 1 aliphatic rings. The van der Waals surface area contributed by atoms with Crippen molar-refractivity contribution in [3.63, 3.8) is 0 Å². The lowest BCUT2D eigenvalue weighted by Gasteiger charge is -2.23. The van der Waals surface area contributed by atoms with E-state index in [1.165, 1.54) is 0 Å². The number of rotatable bonds is 2. The third-order valence-electron chi connectivity index (χ3n) is 3.69. The van der Waals surface area contributed by atoms with E-state index in [1.54, 1.807) is 0 Å². The number of anilines is 1. The van der Waals surface area contributed by atoms with Crippen LogP contribution in [0, 0.1) is 6.92 Å². The van der Waals surface area contributed by atoms with Gasteiger partial charge >= 0.3 is 0 Å². The van der Waals surface area contributed by atoms with Gasteiger partial charge in [0.2, 0.25) is 0 Å². The third-order valence-corrected chi connectivity index (χ3v) is 3.89. The van der Waals surface area contributed by atoms with Crippen LogP contribution in [0.2, 0.25) is 0 Å². The van der Waals surface area contributed by atoms with Crippen LogP contribution in [0.3, 0.4) is 0 Å². The summed E-state index contributed by atoms with van der Waals surface area (Å²) < 4.78 is 7.66. The summed E-state index contributed by atoms with van der Waals surface area (Å²) >= 11 is 5.20. The molecule has 0 unspecified atom stereocenters. The number of thiocarbonyl (C=S) groups is 1. The van der Waals surface area contributed by atoms with Crippen molar-refractivity contribution in [1.82, 2.24) is 9.78 Å². The maximum atomic E-state index is 5.89. The fourth-order valence-electron chi connectivity index (χ4n) is 2.80. The molecule has 2 heterocycles. The quantitative estimate of drug-likeness (QED) is 0.857. The van der Waals surface area contributed by atoms with Gasteiger partial charge in [0, 0.05) is 19.2 Å². The number of ether oxygens (including phenoxy) is 1. The van der Waals surface area contributed by atoms with Crippen LogP contribution in [0.1, 0.15) is 16.8 Å². The van der Waals surface area contributed by atoms with Crippen molar-refractivity contribution in [2.24, 2.45) is 12.8 Å². The minimum Gasteiger partial charge on any atom is -0.491 e. The van der Waals surface area contributed by atoms with Crippen molar-refractivity contribution < 1.29 is 4.74 Å².